The van der Waals surface area contributed by atoms with Crippen LogP contribution in [0.2, 0.25) is 0 Å². The molecule has 4 rings (SSSR count). The number of carbonyl (C=O) groups excluding carboxylic acids is 1. The van der Waals surface area contributed by atoms with Gasteiger partial charge in [0.25, 0.3) is 0 Å². The number of nitrogens with zero attached hydrogens (tertiary/aromatic N) is 2. The fourth-order valence-electron chi connectivity index (χ4n) is 3.70. The number of H-pyrrole nitrogens is 1. The van der Waals surface area contributed by atoms with E-state index in [2.05, 4.69) is 28.1 Å². The van der Waals surface area contributed by atoms with Gasteiger partial charge in [-0.2, -0.15) is 0 Å². The van der Waals surface area contributed by atoms with Gasteiger partial charge in [-0.1, -0.05) is 12.1 Å². The van der Waals surface area contributed by atoms with E-state index in [9.17, 15) is 4.79 Å². The van der Waals surface area contributed by atoms with Gasteiger partial charge in [-0.05, 0) is 58.0 Å². The largest absolute Gasteiger partial charge is 0.362 e. The standard InChI is InChI=1S/C20H23N3OS/c1-13-11-16(14(2)21-13)18(24)12-23-9-7-15(8-10-23)20-22-17-5-3-4-6-19(17)25-20/h3-6,11,15,21H,7-10,12H2,1-2H3. The normalized spacial score (nSPS) is 16.6. The number of ketones is 1. The molecule has 1 aliphatic rings. The minimum absolute atomic E-state index is 0.222. The van der Waals surface area contributed by atoms with Gasteiger partial charge in [0.1, 0.15) is 0 Å². The number of Topliss-reactive ketones (excluding diaryl/α,β-unsaturated/α-hetero) is 1. The van der Waals surface area contributed by atoms with Gasteiger partial charge >= 0.3 is 0 Å². The summed E-state index contributed by atoms with van der Waals surface area (Å²) in [5.74, 6) is 0.750. The summed E-state index contributed by atoms with van der Waals surface area (Å²) in [7, 11) is 0. The number of thiazole rings is 1. The lowest BCUT2D eigenvalue weighted by Crippen LogP contribution is -2.36. The molecule has 1 fully saturated rings. The number of likely N-dealkylation sites (tertiary alicyclic amines) is 1. The minimum atomic E-state index is 0.222. The Balaban J connectivity index is 1.38. The number of carbonyl (C=O) groups is 1. The molecular weight excluding hydrogens is 330 g/mol. The molecule has 0 atom stereocenters. The summed E-state index contributed by atoms with van der Waals surface area (Å²) in [5.41, 5.74) is 3.98. The van der Waals surface area contributed by atoms with Crippen LogP contribution in [-0.2, 0) is 0 Å². The summed E-state index contributed by atoms with van der Waals surface area (Å²) in [6, 6.07) is 10.3. The van der Waals surface area contributed by atoms with Crippen molar-refractivity contribution in [3.8, 4) is 0 Å². The predicted octanol–water partition coefficient (Wildman–Crippen LogP) is 4.30. The molecule has 0 bridgehead atoms. The van der Waals surface area contributed by atoms with Gasteiger partial charge in [0.05, 0.1) is 21.8 Å². The highest BCUT2D eigenvalue weighted by Gasteiger charge is 2.25. The zero-order valence-electron chi connectivity index (χ0n) is 14.7. The first-order valence-electron chi connectivity index (χ1n) is 8.87. The van der Waals surface area contributed by atoms with Crippen molar-refractivity contribution in [2.24, 2.45) is 0 Å². The summed E-state index contributed by atoms with van der Waals surface area (Å²) in [5, 5.41) is 1.25. The lowest BCUT2D eigenvalue weighted by molar-refractivity contribution is 0.0909. The van der Waals surface area contributed by atoms with Crippen LogP contribution in [0.15, 0.2) is 30.3 Å². The van der Waals surface area contributed by atoms with Crippen LogP contribution < -0.4 is 0 Å². The van der Waals surface area contributed by atoms with E-state index in [1.54, 1.807) is 0 Å². The average Bonchev–Trinajstić information content (AvgIpc) is 3.18. The maximum atomic E-state index is 12.5. The molecule has 2 aromatic heterocycles. The number of nitrogens with one attached hydrogen (secondary N) is 1. The highest BCUT2D eigenvalue weighted by Crippen LogP contribution is 2.33. The Morgan fingerprint density at radius 1 is 1.28 bits per heavy atom. The van der Waals surface area contributed by atoms with Gasteiger partial charge in [-0.25, -0.2) is 4.98 Å². The summed E-state index contributed by atoms with van der Waals surface area (Å²) < 4.78 is 1.27. The van der Waals surface area contributed by atoms with E-state index in [0.29, 0.717) is 12.5 Å². The molecule has 0 amide bonds. The van der Waals surface area contributed by atoms with Crippen molar-refractivity contribution in [3.63, 3.8) is 0 Å². The Morgan fingerprint density at radius 2 is 2.04 bits per heavy atom. The molecule has 0 saturated carbocycles. The van der Waals surface area contributed by atoms with E-state index in [1.807, 2.05) is 37.3 Å². The Bertz CT molecular complexity index is 870. The fraction of sp³-hybridized carbons (Fsp3) is 0.400. The van der Waals surface area contributed by atoms with Gasteiger partial charge in [0.2, 0.25) is 0 Å². The number of hydrogen-bond acceptors (Lipinski definition) is 4. The molecule has 1 aromatic carbocycles. The first kappa shape index (κ1) is 16.5. The lowest BCUT2D eigenvalue weighted by Gasteiger charge is -2.30. The first-order valence-corrected chi connectivity index (χ1v) is 9.69. The summed E-state index contributed by atoms with van der Waals surface area (Å²) in [6.07, 6.45) is 2.16. The molecule has 5 heteroatoms. The lowest BCUT2D eigenvalue weighted by atomic mass is 9.97. The van der Waals surface area contributed by atoms with Crippen LogP contribution in [0.1, 0.15) is 45.5 Å². The van der Waals surface area contributed by atoms with Gasteiger partial charge in [-0.15, -0.1) is 11.3 Å². The molecule has 1 aliphatic heterocycles. The minimum Gasteiger partial charge on any atom is -0.362 e. The zero-order valence-corrected chi connectivity index (χ0v) is 15.5. The van der Waals surface area contributed by atoms with Gasteiger partial charge < -0.3 is 4.98 Å². The monoisotopic (exact) mass is 353 g/mol. The Kier molecular flexibility index (Phi) is 4.44. The van der Waals surface area contributed by atoms with Crippen molar-refractivity contribution in [3.05, 3.63) is 52.3 Å². The number of aryl methyl sites for hydroxylation is 2. The highest BCUT2D eigenvalue weighted by molar-refractivity contribution is 7.18. The third kappa shape index (κ3) is 3.39. The second-order valence-corrected chi connectivity index (χ2v) is 8.05. The van der Waals surface area contributed by atoms with E-state index < -0.39 is 0 Å². The maximum Gasteiger partial charge on any atom is 0.178 e. The number of aromatic nitrogens is 2. The third-order valence-corrected chi connectivity index (χ3v) is 6.26. The number of piperidine rings is 1. The van der Waals surface area contributed by atoms with E-state index in [1.165, 1.54) is 9.71 Å². The van der Waals surface area contributed by atoms with Crippen LogP contribution in [0.3, 0.4) is 0 Å². The molecular formula is C20H23N3OS. The van der Waals surface area contributed by atoms with E-state index in [4.69, 9.17) is 4.98 Å². The van der Waals surface area contributed by atoms with Crippen LogP contribution in [0.25, 0.3) is 10.2 Å². The Morgan fingerprint density at radius 3 is 2.72 bits per heavy atom. The number of para-hydroxylation sites is 1. The van der Waals surface area contributed by atoms with Gasteiger partial charge in [0, 0.05) is 22.9 Å². The molecule has 1 N–H and O–H groups in total. The summed E-state index contributed by atoms with van der Waals surface area (Å²) >= 11 is 1.82. The van der Waals surface area contributed by atoms with Crippen LogP contribution in [-0.4, -0.2) is 40.3 Å². The van der Waals surface area contributed by atoms with E-state index in [0.717, 1.165) is 48.4 Å². The molecule has 0 radical (unpaired) electrons. The topological polar surface area (TPSA) is 49.0 Å². The van der Waals surface area contributed by atoms with Crippen LogP contribution in [0.5, 0.6) is 0 Å². The second-order valence-electron chi connectivity index (χ2n) is 6.98. The number of hydrogen-bond donors (Lipinski definition) is 1. The number of fused-ring (bicyclic) bond motifs is 1. The zero-order chi connectivity index (χ0) is 17.4. The van der Waals surface area contributed by atoms with Crippen molar-refractivity contribution in [2.45, 2.75) is 32.6 Å². The Labute approximate surface area is 151 Å². The molecule has 130 valence electrons. The van der Waals surface area contributed by atoms with E-state index in [-0.39, 0.29) is 5.78 Å². The van der Waals surface area contributed by atoms with Gasteiger partial charge in [0.15, 0.2) is 5.78 Å². The summed E-state index contributed by atoms with van der Waals surface area (Å²) in [4.78, 5) is 22.9. The molecule has 0 aliphatic carbocycles. The molecule has 3 aromatic rings. The first-order chi connectivity index (χ1) is 12.1. The predicted molar refractivity (Wildman–Crippen MR) is 103 cm³/mol. The highest BCUT2D eigenvalue weighted by atomic mass is 32.1. The van der Waals surface area contributed by atoms with E-state index >= 15 is 0 Å². The SMILES string of the molecule is Cc1cc(C(=O)CN2CCC(c3nc4ccccc4s3)CC2)c(C)[nH]1. The molecule has 1 saturated heterocycles. The quantitative estimate of drug-likeness (QED) is 0.711. The van der Waals surface area contributed by atoms with Crippen LogP contribution >= 0.6 is 11.3 Å². The summed E-state index contributed by atoms with van der Waals surface area (Å²) in [6.45, 7) is 6.42. The molecule has 25 heavy (non-hydrogen) atoms. The fourth-order valence-corrected chi connectivity index (χ4v) is 4.84. The van der Waals surface area contributed by atoms with Gasteiger partial charge in [-0.3, -0.25) is 9.69 Å². The number of rotatable bonds is 4. The smallest absolute Gasteiger partial charge is 0.178 e. The average molecular weight is 353 g/mol. The second kappa shape index (κ2) is 6.73. The molecule has 0 unspecified atom stereocenters. The van der Waals surface area contributed by atoms with Crippen molar-refractivity contribution >= 4 is 27.3 Å². The number of benzene rings is 1. The Hall–Kier alpha value is -1.98. The molecule has 4 nitrogen and oxygen atoms in total. The van der Waals surface area contributed by atoms with Crippen molar-refractivity contribution in [2.75, 3.05) is 19.6 Å². The van der Waals surface area contributed by atoms with Crippen LogP contribution in [0.4, 0.5) is 0 Å². The number of aromatic amines is 1. The van der Waals surface area contributed by atoms with Crippen molar-refractivity contribution < 1.29 is 4.79 Å². The third-order valence-electron chi connectivity index (χ3n) is 5.06. The maximum absolute atomic E-state index is 12.5. The molecule has 3 heterocycles. The molecule has 0 spiro atoms. The van der Waals surface area contributed by atoms with Crippen molar-refractivity contribution in [1.29, 1.82) is 0 Å². The van der Waals surface area contributed by atoms with Crippen molar-refractivity contribution in [1.82, 2.24) is 14.9 Å². The van der Waals surface area contributed by atoms with Crippen LogP contribution in [0, 0.1) is 13.8 Å².